The fraction of sp³-hybridized carbons (Fsp3) is 0.261. The molecule has 1 heterocycles. The number of nitrogens with zero attached hydrogens (tertiary/aromatic N) is 3. The van der Waals surface area contributed by atoms with Crippen LogP contribution in [0.2, 0.25) is 0 Å². The number of hydrogen-bond acceptors (Lipinski definition) is 6. The number of hydrogen-bond donors (Lipinski definition) is 2. The second-order valence-electron chi connectivity index (χ2n) is 6.82. The Morgan fingerprint density at radius 1 is 1.06 bits per heavy atom. The number of nitrogens with one attached hydrogen (secondary N) is 1. The van der Waals surface area contributed by atoms with Gasteiger partial charge in [0.25, 0.3) is 0 Å². The number of carboxylic acid groups (broad SMARTS) is 1. The highest BCUT2D eigenvalue weighted by atomic mass is 19.1. The summed E-state index contributed by atoms with van der Waals surface area (Å²) >= 11 is 0. The number of carboxylic acids is 1. The van der Waals surface area contributed by atoms with Gasteiger partial charge in [-0.1, -0.05) is 19.9 Å². The van der Waals surface area contributed by atoms with Crippen molar-refractivity contribution >= 4 is 17.6 Å². The maximum absolute atomic E-state index is 13.9. The normalized spacial score (nSPS) is 10.8. The topological polar surface area (TPSA) is 87.6 Å². The molecule has 1 aromatic heterocycles. The number of benzene rings is 2. The van der Waals surface area contributed by atoms with E-state index in [4.69, 9.17) is 9.84 Å². The van der Waals surface area contributed by atoms with Crippen LogP contribution in [0.15, 0.2) is 54.9 Å². The van der Waals surface area contributed by atoms with E-state index in [-0.39, 0.29) is 5.56 Å². The zero-order valence-corrected chi connectivity index (χ0v) is 17.5. The van der Waals surface area contributed by atoms with Crippen LogP contribution in [0.1, 0.15) is 24.2 Å². The SMILES string of the molecule is CCN(CC)CCOc1ccc(Nc2ncc(-c3ccc(C(=O)O)c(F)c3)cn2)cc1. The molecule has 0 fully saturated rings. The molecule has 0 amide bonds. The zero-order chi connectivity index (χ0) is 22.2. The van der Waals surface area contributed by atoms with Gasteiger partial charge in [0.15, 0.2) is 0 Å². The fourth-order valence-electron chi connectivity index (χ4n) is 3.01. The predicted octanol–water partition coefficient (Wildman–Crippen LogP) is 4.45. The highest BCUT2D eigenvalue weighted by Crippen LogP contribution is 2.23. The summed E-state index contributed by atoms with van der Waals surface area (Å²) in [6, 6.07) is 11.4. The number of anilines is 2. The number of halogens is 1. The molecule has 0 saturated heterocycles. The zero-order valence-electron chi connectivity index (χ0n) is 17.5. The summed E-state index contributed by atoms with van der Waals surface area (Å²) in [5.41, 5.74) is 1.52. The van der Waals surface area contributed by atoms with E-state index >= 15 is 0 Å². The van der Waals surface area contributed by atoms with Crippen molar-refractivity contribution in [2.45, 2.75) is 13.8 Å². The van der Waals surface area contributed by atoms with E-state index in [0.717, 1.165) is 37.1 Å². The smallest absolute Gasteiger partial charge is 0.338 e. The third-order valence-corrected chi connectivity index (χ3v) is 4.87. The van der Waals surface area contributed by atoms with Gasteiger partial charge in [0.05, 0.1) is 5.56 Å². The lowest BCUT2D eigenvalue weighted by molar-refractivity contribution is 0.0692. The molecule has 31 heavy (non-hydrogen) atoms. The molecule has 0 saturated carbocycles. The summed E-state index contributed by atoms with van der Waals surface area (Å²) < 4.78 is 19.7. The summed E-state index contributed by atoms with van der Waals surface area (Å²) in [7, 11) is 0. The maximum atomic E-state index is 13.9. The van der Waals surface area contributed by atoms with E-state index in [1.807, 2.05) is 24.3 Å². The summed E-state index contributed by atoms with van der Waals surface area (Å²) in [6.07, 6.45) is 3.10. The van der Waals surface area contributed by atoms with Crippen molar-refractivity contribution in [1.82, 2.24) is 14.9 Å². The van der Waals surface area contributed by atoms with Gasteiger partial charge in [-0.3, -0.25) is 0 Å². The molecule has 2 N–H and O–H groups in total. The first kappa shape index (κ1) is 22.2. The maximum Gasteiger partial charge on any atom is 0.338 e. The molecule has 0 bridgehead atoms. The van der Waals surface area contributed by atoms with E-state index in [0.29, 0.717) is 23.7 Å². The third kappa shape index (κ3) is 5.99. The second kappa shape index (κ2) is 10.5. The summed E-state index contributed by atoms with van der Waals surface area (Å²) in [5.74, 6) is -0.922. The summed E-state index contributed by atoms with van der Waals surface area (Å²) in [6.45, 7) is 7.79. The molecule has 0 radical (unpaired) electrons. The molecule has 162 valence electrons. The molecule has 0 spiro atoms. The van der Waals surface area contributed by atoms with Crippen LogP contribution in [0, 0.1) is 5.82 Å². The molecule has 2 aromatic carbocycles. The van der Waals surface area contributed by atoms with Crippen LogP contribution < -0.4 is 10.1 Å². The molecular weight excluding hydrogens is 399 g/mol. The van der Waals surface area contributed by atoms with Gasteiger partial charge in [0.2, 0.25) is 5.95 Å². The standard InChI is InChI=1S/C23H25FN4O3/c1-3-28(4-2)11-12-31-19-8-6-18(7-9-19)27-23-25-14-17(15-26-23)16-5-10-20(22(29)30)21(24)13-16/h5-10,13-15H,3-4,11-12H2,1-2H3,(H,29,30)(H,25,26,27). The van der Waals surface area contributed by atoms with E-state index < -0.39 is 11.8 Å². The Kier molecular flexibility index (Phi) is 7.50. The number of likely N-dealkylation sites (N-methyl/N-ethyl adjacent to an activating group) is 1. The van der Waals surface area contributed by atoms with Crippen LogP contribution in [-0.4, -0.2) is 52.2 Å². The highest BCUT2D eigenvalue weighted by Gasteiger charge is 2.11. The average molecular weight is 424 g/mol. The Hall–Kier alpha value is -3.52. The molecule has 0 aliphatic rings. The Morgan fingerprint density at radius 3 is 2.32 bits per heavy atom. The van der Waals surface area contributed by atoms with Crippen LogP contribution >= 0.6 is 0 Å². The fourth-order valence-corrected chi connectivity index (χ4v) is 3.01. The molecule has 3 aromatic rings. The lowest BCUT2D eigenvalue weighted by Gasteiger charge is -2.18. The number of rotatable bonds is 10. The van der Waals surface area contributed by atoms with Crippen molar-refractivity contribution in [3.05, 3.63) is 66.2 Å². The van der Waals surface area contributed by atoms with Gasteiger partial charge in [0.1, 0.15) is 18.2 Å². The van der Waals surface area contributed by atoms with Gasteiger partial charge in [0, 0.05) is 30.2 Å². The van der Waals surface area contributed by atoms with Crippen LogP contribution in [0.25, 0.3) is 11.1 Å². The largest absolute Gasteiger partial charge is 0.492 e. The van der Waals surface area contributed by atoms with Crippen molar-refractivity contribution in [3.63, 3.8) is 0 Å². The molecule has 0 aliphatic carbocycles. The van der Waals surface area contributed by atoms with Crippen molar-refractivity contribution < 1.29 is 19.0 Å². The Bertz CT molecular complexity index is 1010. The molecule has 3 rings (SSSR count). The van der Waals surface area contributed by atoms with Gasteiger partial charge >= 0.3 is 5.97 Å². The monoisotopic (exact) mass is 424 g/mol. The minimum Gasteiger partial charge on any atom is -0.492 e. The number of aromatic nitrogens is 2. The van der Waals surface area contributed by atoms with Gasteiger partial charge < -0.3 is 20.1 Å². The minimum atomic E-state index is -1.31. The average Bonchev–Trinajstić information content (AvgIpc) is 2.78. The van der Waals surface area contributed by atoms with E-state index in [1.165, 1.54) is 12.1 Å². The third-order valence-electron chi connectivity index (χ3n) is 4.87. The van der Waals surface area contributed by atoms with Crippen molar-refractivity contribution in [2.24, 2.45) is 0 Å². The Balaban J connectivity index is 1.58. The van der Waals surface area contributed by atoms with Crippen molar-refractivity contribution in [1.29, 1.82) is 0 Å². The van der Waals surface area contributed by atoms with Gasteiger partial charge in [-0.25, -0.2) is 19.2 Å². The van der Waals surface area contributed by atoms with E-state index in [1.54, 1.807) is 12.4 Å². The Morgan fingerprint density at radius 2 is 1.74 bits per heavy atom. The first-order valence-electron chi connectivity index (χ1n) is 10.1. The molecular formula is C23H25FN4O3. The van der Waals surface area contributed by atoms with Crippen LogP contribution in [0.3, 0.4) is 0 Å². The number of ether oxygens (including phenoxy) is 1. The van der Waals surface area contributed by atoms with Crippen molar-refractivity contribution in [3.8, 4) is 16.9 Å². The van der Waals surface area contributed by atoms with E-state index in [9.17, 15) is 9.18 Å². The molecule has 0 unspecified atom stereocenters. The van der Waals surface area contributed by atoms with Gasteiger partial charge in [-0.15, -0.1) is 0 Å². The van der Waals surface area contributed by atoms with Crippen LogP contribution in [0.5, 0.6) is 5.75 Å². The van der Waals surface area contributed by atoms with Crippen LogP contribution in [0.4, 0.5) is 16.0 Å². The molecule has 0 atom stereocenters. The second-order valence-corrected chi connectivity index (χ2v) is 6.82. The van der Waals surface area contributed by atoms with E-state index in [2.05, 4.69) is 34.0 Å². The van der Waals surface area contributed by atoms with Gasteiger partial charge in [-0.2, -0.15) is 0 Å². The van der Waals surface area contributed by atoms with Crippen LogP contribution in [-0.2, 0) is 0 Å². The first-order valence-corrected chi connectivity index (χ1v) is 10.1. The lowest BCUT2D eigenvalue weighted by Crippen LogP contribution is -2.27. The number of aromatic carboxylic acids is 1. The minimum absolute atomic E-state index is 0.372. The predicted molar refractivity (Wildman–Crippen MR) is 117 cm³/mol. The van der Waals surface area contributed by atoms with Gasteiger partial charge in [-0.05, 0) is 55.1 Å². The summed E-state index contributed by atoms with van der Waals surface area (Å²) in [5, 5.41) is 12.0. The first-order chi connectivity index (χ1) is 15.0. The highest BCUT2D eigenvalue weighted by molar-refractivity contribution is 5.88. The van der Waals surface area contributed by atoms with Crippen molar-refractivity contribution in [2.75, 3.05) is 31.6 Å². The lowest BCUT2D eigenvalue weighted by atomic mass is 10.1. The number of carbonyl (C=O) groups is 1. The molecule has 8 heteroatoms. The molecule has 0 aliphatic heterocycles. The quantitative estimate of drug-likeness (QED) is 0.497. The summed E-state index contributed by atoms with van der Waals surface area (Å²) in [4.78, 5) is 21.7. The molecule has 7 nitrogen and oxygen atoms in total. The Labute approximate surface area is 180 Å².